The molecule has 4 nitrogen and oxygen atoms in total. The predicted octanol–water partition coefficient (Wildman–Crippen LogP) is 3.60. The Hall–Kier alpha value is -2.33. The second-order valence-corrected chi connectivity index (χ2v) is 6.42. The Kier molecular flexibility index (Phi) is 4.86. The van der Waals surface area contributed by atoms with Crippen LogP contribution in [0.3, 0.4) is 0 Å². The average molecular weight is 344 g/mol. The number of carbonyl (C=O) groups is 2. The van der Waals surface area contributed by atoms with Crippen LogP contribution in [0.1, 0.15) is 17.5 Å². The summed E-state index contributed by atoms with van der Waals surface area (Å²) >= 11 is 6.06. The van der Waals surface area contributed by atoms with E-state index in [1.54, 1.807) is 17.0 Å². The number of nitrogens with zero attached hydrogens (tertiary/aromatic N) is 1. The fourth-order valence-corrected chi connectivity index (χ4v) is 2.92. The van der Waals surface area contributed by atoms with Gasteiger partial charge in [0.2, 0.25) is 5.91 Å². The number of amides is 1. The molecule has 24 heavy (non-hydrogen) atoms. The van der Waals surface area contributed by atoms with E-state index in [0.717, 1.165) is 11.1 Å². The zero-order chi connectivity index (χ0) is 17.1. The molecule has 0 spiro atoms. The lowest BCUT2D eigenvalue weighted by molar-refractivity contribution is -0.139. The SMILES string of the molecule is Cc1ccc(Cl)c(OC(=O)C2CC(=O)N(Cc3ccccc3)C2)c1. The van der Waals surface area contributed by atoms with E-state index in [4.69, 9.17) is 16.3 Å². The largest absolute Gasteiger partial charge is 0.425 e. The molecule has 1 saturated heterocycles. The standard InChI is InChI=1S/C19H18ClNO3/c1-13-7-8-16(20)17(9-13)24-19(23)15-10-18(22)21(12-15)11-14-5-3-2-4-6-14/h2-9,15H,10-12H2,1H3. The molecule has 124 valence electrons. The summed E-state index contributed by atoms with van der Waals surface area (Å²) in [6, 6.07) is 15.0. The first-order valence-corrected chi connectivity index (χ1v) is 8.20. The Morgan fingerprint density at radius 1 is 1.25 bits per heavy atom. The number of esters is 1. The zero-order valence-corrected chi connectivity index (χ0v) is 14.1. The van der Waals surface area contributed by atoms with Crippen LogP contribution >= 0.6 is 11.6 Å². The smallest absolute Gasteiger partial charge is 0.316 e. The van der Waals surface area contributed by atoms with E-state index < -0.39 is 11.9 Å². The summed E-state index contributed by atoms with van der Waals surface area (Å²) in [6.45, 7) is 2.78. The molecule has 2 aromatic carbocycles. The van der Waals surface area contributed by atoms with Crippen molar-refractivity contribution in [3.05, 3.63) is 64.7 Å². The van der Waals surface area contributed by atoms with Gasteiger partial charge in [0.25, 0.3) is 0 Å². The Morgan fingerprint density at radius 3 is 2.75 bits per heavy atom. The van der Waals surface area contributed by atoms with Crippen molar-refractivity contribution in [2.45, 2.75) is 19.9 Å². The molecule has 1 unspecified atom stereocenters. The van der Waals surface area contributed by atoms with Crippen molar-refractivity contribution in [3.63, 3.8) is 0 Å². The molecule has 0 aromatic heterocycles. The van der Waals surface area contributed by atoms with E-state index in [1.807, 2.05) is 43.3 Å². The van der Waals surface area contributed by atoms with Crippen molar-refractivity contribution in [2.75, 3.05) is 6.54 Å². The molecule has 1 atom stereocenters. The quantitative estimate of drug-likeness (QED) is 0.629. The first kappa shape index (κ1) is 16.5. The highest BCUT2D eigenvalue weighted by atomic mass is 35.5. The molecule has 5 heteroatoms. The molecule has 1 fully saturated rings. The third-order valence-corrected chi connectivity index (χ3v) is 4.37. The number of likely N-dealkylation sites (tertiary alicyclic amines) is 1. The van der Waals surface area contributed by atoms with Crippen molar-refractivity contribution in [1.82, 2.24) is 4.90 Å². The van der Waals surface area contributed by atoms with Gasteiger partial charge in [0.1, 0.15) is 5.75 Å². The molecule has 1 amide bonds. The highest BCUT2D eigenvalue weighted by Gasteiger charge is 2.35. The van der Waals surface area contributed by atoms with Gasteiger partial charge in [-0.2, -0.15) is 0 Å². The van der Waals surface area contributed by atoms with Crippen LogP contribution in [0.2, 0.25) is 5.02 Å². The van der Waals surface area contributed by atoms with E-state index in [0.29, 0.717) is 23.9 Å². The summed E-state index contributed by atoms with van der Waals surface area (Å²) in [7, 11) is 0. The van der Waals surface area contributed by atoms with E-state index in [9.17, 15) is 9.59 Å². The number of rotatable bonds is 4. The van der Waals surface area contributed by atoms with E-state index >= 15 is 0 Å². The van der Waals surface area contributed by atoms with Gasteiger partial charge in [-0.3, -0.25) is 9.59 Å². The maximum atomic E-state index is 12.4. The molecule has 3 rings (SSSR count). The normalized spacial score (nSPS) is 17.2. The summed E-state index contributed by atoms with van der Waals surface area (Å²) in [5, 5.41) is 0.388. The Balaban J connectivity index is 1.64. The molecule has 0 bridgehead atoms. The van der Waals surface area contributed by atoms with Gasteiger partial charge in [0.05, 0.1) is 10.9 Å². The number of hydrogen-bond donors (Lipinski definition) is 0. The second-order valence-electron chi connectivity index (χ2n) is 6.02. The summed E-state index contributed by atoms with van der Waals surface area (Å²) in [6.07, 6.45) is 0.176. The van der Waals surface area contributed by atoms with Crippen LogP contribution in [0.5, 0.6) is 5.75 Å². The summed E-state index contributed by atoms with van der Waals surface area (Å²) in [5.74, 6) is -0.559. The first-order valence-electron chi connectivity index (χ1n) is 7.82. The highest BCUT2D eigenvalue weighted by molar-refractivity contribution is 6.32. The van der Waals surface area contributed by atoms with Gasteiger partial charge in [0, 0.05) is 19.5 Å². The van der Waals surface area contributed by atoms with E-state index in [2.05, 4.69) is 0 Å². The molecular weight excluding hydrogens is 326 g/mol. The van der Waals surface area contributed by atoms with Crippen molar-refractivity contribution in [1.29, 1.82) is 0 Å². The van der Waals surface area contributed by atoms with Crippen LogP contribution in [-0.4, -0.2) is 23.3 Å². The van der Waals surface area contributed by atoms with Gasteiger partial charge in [-0.25, -0.2) is 0 Å². The minimum atomic E-state index is -0.460. The monoisotopic (exact) mass is 343 g/mol. The van der Waals surface area contributed by atoms with Crippen LogP contribution in [0, 0.1) is 12.8 Å². The van der Waals surface area contributed by atoms with Crippen LogP contribution in [0.4, 0.5) is 0 Å². The minimum Gasteiger partial charge on any atom is -0.425 e. The predicted molar refractivity (Wildman–Crippen MR) is 91.8 cm³/mol. The molecule has 0 radical (unpaired) electrons. The van der Waals surface area contributed by atoms with Gasteiger partial charge in [0.15, 0.2) is 0 Å². The third-order valence-electron chi connectivity index (χ3n) is 4.06. The highest BCUT2D eigenvalue weighted by Crippen LogP contribution is 2.28. The fraction of sp³-hybridized carbons (Fsp3) is 0.263. The number of aryl methyl sites for hydroxylation is 1. The number of ether oxygens (including phenoxy) is 1. The third kappa shape index (κ3) is 3.77. The molecule has 0 aliphatic carbocycles. The molecule has 1 heterocycles. The zero-order valence-electron chi connectivity index (χ0n) is 13.4. The Bertz CT molecular complexity index is 760. The van der Waals surface area contributed by atoms with Gasteiger partial charge in [-0.15, -0.1) is 0 Å². The Morgan fingerprint density at radius 2 is 2.00 bits per heavy atom. The maximum Gasteiger partial charge on any atom is 0.316 e. The lowest BCUT2D eigenvalue weighted by atomic mass is 10.1. The van der Waals surface area contributed by atoms with E-state index in [-0.39, 0.29) is 12.3 Å². The van der Waals surface area contributed by atoms with Crippen LogP contribution in [0.25, 0.3) is 0 Å². The summed E-state index contributed by atoms with van der Waals surface area (Å²) in [5.41, 5.74) is 2.00. The van der Waals surface area contributed by atoms with Crippen molar-refractivity contribution in [2.24, 2.45) is 5.92 Å². The van der Waals surface area contributed by atoms with Gasteiger partial charge in [-0.1, -0.05) is 48.0 Å². The molecule has 1 aliphatic rings. The van der Waals surface area contributed by atoms with Crippen LogP contribution < -0.4 is 4.74 Å². The minimum absolute atomic E-state index is 0.0313. The molecule has 0 N–H and O–H groups in total. The average Bonchev–Trinajstić information content (AvgIpc) is 2.93. The topological polar surface area (TPSA) is 46.6 Å². The molecular formula is C19H18ClNO3. The van der Waals surface area contributed by atoms with Crippen molar-refractivity contribution < 1.29 is 14.3 Å². The van der Waals surface area contributed by atoms with Crippen molar-refractivity contribution >= 4 is 23.5 Å². The van der Waals surface area contributed by atoms with Gasteiger partial charge in [-0.05, 0) is 30.2 Å². The molecule has 1 aliphatic heterocycles. The second kappa shape index (κ2) is 7.05. The number of benzene rings is 2. The van der Waals surface area contributed by atoms with Crippen LogP contribution in [-0.2, 0) is 16.1 Å². The van der Waals surface area contributed by atoms with Gasteiger partial charge < -0.3 is 9.64 Å². The lowest BCUT2D eigenvalue weighted by Gasteiger charge is -2.16. The summed E-state index contributed by atoms with van der Waals surface area (Å²) in [4.78, 5) is 26.2. The number of halogens is 1. The van der Waals surface area contributed by atoms with Crippen LogP contribution in [0.15, 0.2) is 48.5 Å². The maximum absolute atomic E-state index is 12.4. The first-order chi connectivity index (χ1) is 11.5. The Labute approximate surface area is 146 Å². The summed E-state index contributed by atoms with van der Waals surface area (Å²) < 4.78 is 5.41. The number of carbonyl (C=O) groups excluding carboxylic acids is 2. The van der Waals surface area contributed by atoms with Gasteiger partial charge >= 0.3 is 5.97 Å². The van der Waals surface area contributed by atoms with E-state index in [1.165, 1.54) is 0 Å². The lowest BCUT2D eigenvalue weighted by Crippen LogP contribution is -2.27. The molecule has 0 saturated carbocycles. The molecule has 2 aromatic rings. The number of hydrogen-bond acceptors (Lipinski definition) is 3. The van der Waals surface area contributed by atoms with Crippen molar-refractivity contribution in [3.8, 4) is 5.75 Å². The fourth-order valence-electron chi connectivity index (χ4n) is 2.77.